The van der Waals surface area contributed by atoms with Crippen molar-refractivity contribution in [3.8, 4) is 5.75 Å². The predicted molar refractivity (Wildman–Crippen MR) is 71.8 cm³/mol. The molecule has 0 bridgehead atoms. The van der Waals surface area contributed by atoms with E-state index in [0.29, 0.717) is 17.0 Å². The van der Waals surface area contributed by atoms with Crippen molar-refractivity contribution in [3.05, 3.63) is 47.8 Å². The van der Waals surface area contributed by atoms with Crippen LogP contribution < -0.4 is 15.8 Å². The monoisotopic (exact) mass is 246 g/mol. The Morgan fingerprint density at radius 3 is 2.56 bits per heavy atom. The van der Waals surface area contributed by atoms with Gasteiger partial charge in [0.25, 0.3) is 0 Å². The highest BCUT2D eigenvalue weighted by molar-refractivity contribution is 5.66. The number of hydrogen-bond acceptors (Lipinski definition) is 3. The molecule has 4 heteroatoms. The molecule has 3 N–H and O–H groups in total. The molecule has 0 radical (unpaired) electrons. The van der Waals surface area contributed by atoms with Gasteiger partial charge in [0.2, 0.25) is 0 Å². The van der Waals surface area contributed by atoms with Gasteiger partial charge in [-0.25, -0.2) is 4.39 Å². The molecule has 0 aromatic heterocycles. The average Bonchev–Trinajstić information content (AvgIpc) is 2.33. The van der Waals surface area contributed by atoms with E-state index in [-0.39, 0.29) is 5.82 Å². The third-order valence-electron chi connectivity index (χ3n) is 2.61. The Morgan fingerprint density at radius 2 is 1.89 bits per heavy atom. The first-order valence-electron chi connectivity index (χ1n) is 5.56. The van der Waals surface area contributed by atoms with Gasteiger partial charge in [-0.05, 0) is 36.8 Å². The number of nitrogens with one attached hydrogen (secondary N) is 1. The average molecular weight is 246 g/mol. The summed E-state index contributed by atoms with van der Waals surface area (Å²) >= 11 is 0. The number of hydrogen-bond donors (Lipinski definition) is 2. The minimum atomic E-state index is -0.217. The van der Waals surface area contributed by atoms with Crippen LogP contribution in [-0.4, -0.2) is 7.11 Å². The second-order valence-corrected chi connectivity index (χ2v) is 4.08. The molecule has 0 spiro atoms. The second kappa shape index (κ2) is 4.96. The van der Waals surface area contributed by atoms with Crippen molar-refractivity contribution in [2.45, 2.75) is 6.92 Å². The van der Waals surface area contributed by atoms with Crippen LogP contribution in [0.1, 0.15) is 5.56 Å². The van der Waals surface area contributed by atoms with Gasteiger partial charge in [-0.15, -0.1) is 0 Å². The topological polar surface area (TPSA) is 47.3 Å². The molecule has 0 amide bonds. The van der Waals surface area contributed by atoms with Crippen molar-refractivity contribution in [1.29, 1.82) is 0 Å². The number of halogens is 1. The standard InChI is InChI=1S/C14H15FN2O/c1-9-5-11(3-4-14(9)15)17-12-6-10(16)7-13(8-12)18-2/h3-8,17H,16H2,1-2H3. The van der Waals surface area contributed by atoms with Gasteiger partial charge < -0.3 is 15.8 Å². The molecule has 0 saturated carbocycles. The van der Waals surface area contributed by atoms with E-state index in [1.807, 2.05) is 6.07 Å². The minimum Gasteiger partial charge on any atom is -0.497 e. The summed E-state index contributed by atoms with van der Waals surface area (Å²) < 4.78 is 18.3. The molecule has 0 saturated heterocycles. The Labute approximate surface area is 105 Å². The highest BCUT2D eigenvalue weighted by atomic mass is 19.1. The van der Waals surface area contributed by atoms with E-state index >= 15 is 0 Å². The third-order valence-corrected chi connectivity index (χ3v) is 2.61. The molecule has 0 unspecified atom stereocenters. The first kappa shape index (κ1) is 12.2. The molecule has 94 valence electrons. The number of ether oxygens (including phenoxy) is 1. The number of nitrogens with two attached hydrogens (primary N) is 1. The summed E-state index contributed by atoms with van der Waals surface area (Å²) in [7, 11) is 1.58. The molecule has 0 heterocycles. The second-order valence-electron chi connectivity index (χ2n) is 4.08. The highest BCUT2D eigenvalue weighted by Gasteiger charge is 2.02. The molecule has 18 heavy (non-hydrogen) atoms. The molecule has 2 aromatic rings. The largest absolute Gasteiger partial charge is 0.497 e. The SMILES string of the molecule is COc1cc(N)cc(Nc2ccc(F)c(C)c2)c1. The summed E-state index contributed by atoms with van der Waals surface area (Å²) in [5, 5.41) is 3.16. The number of aryl methyl sites for hydroxylation is 1. The van der Waals surface area contributed by atoms with E-state index in [1.165, 1.54) is 6.07 Å². The van der Waals surface area contributed by atoms with Crippen molar-refractivity contribution in [1.82, 2.24) is 0 Å². The van der Waals surface area contributed by atoms with Crippen molar-refractivity contribution in [3.63, 3.8) is 0 Å². The smallest absolute Gasteiger partial charge is 0.126 e. The first-order chi connectivity index (χ1) is 8.58. The maximum Gasteiger partial charge on any atom is 0.126 e. The van der Waals surface area contributed by atoms with E-state index in [0.717, 1.165) is 11.4 Å². The van der Waals surface area contributed by atoms with Gasteiger partial charge in [0.15, 0.2) is 0 Å². The van der Waals surface area contributed by atoms with Crippen LogP contribution in [0.3, 0.4) is 0 Å². The van der Waals surface area contributed by atoms with Crippen LogP contribution in [0, 0.1) is 12.7 Å². The van der Waals surface area contributed by atoms with Crippen molar-refractivity contribution in [2.24, 2.45) is 0 Å². The van der Waals surface area contributed by atoms with Gasteiger partial charge in [0, 0.05) is 29.2 Å². The van der Waals surface area contributed by atoms with Crippen molar-refractivity contribution in [2.75, 3.05) is 18.2 Å². The summed E-state index contributed by atoms with van der Waals surface area (Å²) in [6.45, 7) is 1.72. The van der Waals surface area contributed by atoms with Gasteiger partial charge in [-0.2, -0.15) is 0 Å². The lowest BCUT2D eigenvalue weighted by Crippen LogP contribution is -1.95. The summed E-state index contributed by atoms with van der Waals surface area (Å²) in [4.78, 5) is 0. The van der Waals surface area contributed by atoms with Crippen LogP contribution in [0.4, 0.5) is 21.5 Å². The van der Waals surface area contributed by atoms with E-state index in [4.69, 9.17) is 10.5 Å². The molecule has 0 aliphatic carbocycles. The van der Waals surface area contributed by atoms with Gasteiger partial charge in [0.1, 0.15) is 11.6 Å². The van der Waals surface area contributed by atoms with Gasteiger partial charge in [0.05, 0.1) is 7.11 Å². The Bertz CT molecular complexity index is 570. The third kappa shape index (κ3) is 2.71. The molecule has 2 rings (SSSR count). The molecule has 0 fully saturated rings. The lowest BCUT2D eigenvalue weighted by molar-refractivity contribution is 0.415. The van der Waals surface area contributed by atoms with Gasteiger partial charge in [-0.3, -0.25) is 0 Å². The molecule has 0 atom stereocenters. The number of benzene rings is 2. The lowest BCUT2D eigenvalue weighted by atomic mass is 10.2. The number of nitrogen functional groups attached to an aromatic ring is 1. The van der Waals surface area contributed by atoms with E-state index in [9.17, 15) is 4.39 Å². The molecular formula is C14H15FN2O. The van der Waals surface area contributed by atoms with Gasteiger partial charge >= 0.3 is 0 Å². The fraction of sp³-hybridized carbons (Fsp3) is 0.143. The molecule has 0 aliphatic rings. The van der Waals surface area contributed by atoms with Crippen LogP contribution in [-0.2, 0) is 0 Å². The molecule has 0 aliphatic heterocycles. The fourth-order valence-electron chi connectivity index (χ4n) is 1.70. The van der Waals surface area contributed by atoms with Crippen LogP contribution in [0.15, 0.2) is 36.4 Å². The summed E-state index contributed by atoms with van der Waals surface area (Å²) in [6.07, 6.45) is 0. The molecule has 2 aromatic carbocycles. The van der Waals surface area contributed by atoms with Crippen molar-refractivity contribution < 1.29 is 9.13 Å². The number of anilines is 3. The number of rotatable bonds is 3. The Morgan fingerprint density at radius 1 is 1.11 bits per heavy atom. The number of methoxy groups -OCH3 is 1. The highest BCUT2D eigenvalue weighted by Crippen LogP contribution is 2.25. The van der Waals surface area contributed by atoms with E-state index < -0.39 is 0 Å². The zero-order chi connectivity index (χ0) is 13.1. The maximum atomic E-state index is 13.2. The predicted octanol–water partition coefficient (Wildman–Crippen LogP) is 3.47. The van der Waals surface area contributed by atoms with E-state index in [1.54, 1.807) is 38.3 Å². The summed E-state index contributed by atoms with van der Waals surface area (Å²) in [5.41, 5.74) is 8.57. The quantitative estimate of drug-likeness (QED) is 0.815. The molecular weight excluding hydrogens is 231 g/mol. The summed E-state index contributed by atoms with van der Waals surface area (Å²) in [5.74, 6) is 0.460. The van der Waals surface area contributed by atoms with E-state index in [2.05, 4.69) is 5.32 Å². The van der Waals surface area contributed by atoms with Crippen LogP contribution in [0.2, 0.25) is 0 Å². The Balaban J connectivity index is 2.27. The molecule has 3 nitrogen and oxygen atoms in total. The first-order valence-corrected chi connectivity index (χ1v) is 5.56. The Kier molecular flexibility index (Phi) is 3.37. The van der Waals surface area contributed by atoms with Crippen LogP contribution in [0.25, 0.3) is 0 Å². The van der Waals surface area contributed by atoms with Crippen LogP contribution >= 0.6 is 0 Å². The van der Waals surface area contributed by atoms with Crippen LogP contribution in [0.5, 0.6) is 5.75 Å². The zero-order valence-electron chi connectivity index (χ0n) is 10.3. The summed E-state index contributed by atoms with van der Waals surface area (Å²) in [6, 6.07) is 10.2. The van der Waals surface area contributed by atoms with Gasteiger partial charge in [-0.1, -0.05) is 0 Å². The fourth-order valence-corrected chi connectivity index (χ4v) is 1.70. The zero-order valence-corrected chi connectivity index (χ0v) is 10.3. The normalized spacial score (nSPS) is 10.2. The van der Waals surface area contributed by atoms with Crippen molar-refractivity contribution >= 4 is 17.1 Å². The Hall–Kier alpha value is -2.23. The minimum absolute atomic E-state index is 0.217. The maximum absolute atomic E-state index is 13.2. The lowest BCUT2D eigenvalue weighted by Gasteiger charge is -2.10.